The fourth-order valence-corrected chi connectivity index (χ4v) is 7.13. The van der Waals surface area contributed by atoms with Gasteiger partial charge in [-0.15, -0.1) is 0 Å². The van der Waals surface area contributed by atoms with Gasteiger partial charge in [-0.05, 0) is 107 Å². The van der Waals surface area contributed by atoms with Crippen LogP contribution in [-0.2, 0) is 0 Å². The van der Waals surface area contributed by atoms with Gasteiger partial charge in [-0.3, -0.25) is 0 Å². The fourth-order valence-electron chi connectivity index (χ4n) is 7.13. The number of aromatic nitrogens is 1. The number of nitrogens with zero attached hydrogens (tertiary/aromatic N) is 2. The van der Waals surface area contributed by atoms with E-state index < -0.39 is 0 Å². The number of oxazole rings is 1. The van der Waals surface area contributed by atoms with Crippen molar-refractivity contribution in [3.8, 4) is 33.7 Å². The van der Waals surface area contributed by atoms with Gasteiger partial charge in [0.05, 0.1) is 0 Å². The van der Waals surface area contributed by atoms with E-state index in [1.54, 1.807) is 0 Å². The number of anilines is 3. The Morgan fingerprint density at radius 2 is 0.961 bits per heavy atom. The van der Waals surface area contributed by atoms with Gasteiger partial charge >= 0.3 is 0 Å². The number of fused-ring (bicyclic) bond motifs is 6. The molecule has 0 aliphatic heterocycles. The van der Waals surface area contributed by atoms with Crippen molar-refractivity contribution in [2.24, 2.45) is 0 Å². The Kier molecular flexibility index (Phi) is 6.78. The average molecular weight is 655 g/mol. The second kappa shape index (κ2) is 11.9. The summed E-state index contributed by atoms with van der Waals surface area (Å²) >= 11 is 0. The van der Waals surface area contributed by atoms with Crippen LogP contribution in [0.2, 0.25) is 0 Å². The van der Waals surface area contributed by atoms with Crippen molar-refractivity contribution in [1.82, 2.24) is 4.98 Å². The van der Waals surface area contributed by atoms with Gasteiger partial charge in [0.25, 0.3) is 0 Å². The van der Waals surface area contributed by atoms with Gasteiger partial charge in [0.2, 0.25) is 5.89 Å². The highest BCUT2D eigenvalue weighted by molar-refractivity contribution is 6.07. The van der Waals surface area contributed by atoms with E-state index in [0.29, 0.717) is 5.89 Å². The lowest BCUT2D eigenvalue weighted by Crippen LogP contribution is -2.09. The lowest BCUT2D eigenvalue weighted by molar-refractivity contribution is 0.623. The smallest absolute Gasteiger partial charge is 0.227 e. The summed E-state index contributed by atoms with van der Waals surface area (Å²) in [6.07, 6.45) is 0. The van der Waals surface area contributed by atoms with Crippen LogP contribution in [0.1, 0.15) is 0 Å². The zero-order chi connectivity index (χ0) is 33.7. The minimum Gasteiger partial charge on any atom is -0.456 e. The Labute approximate surface area is 294 Å². The van der Waals surface area contributed by atoms with Crippen LogP contribution in [0.3, 0.4) is 0 Å². The Bertz CT molecular complexity index is 2840. The third-order valence-corrected chi connectivity index (χ3v) is 9.70. The number of hydrogen-bond donors (Lipinski definition) is 0. The zero-order valence-corrected chi connectivity index (χ0v) is 27.5. The summed E-state index contributed by atoms with van der Waals surface area (Å²) in [4.78, 5) is 7.07. The molecule has 0 amide bonds. The molecule has 2 heterocycles. The molecule has 0 aliphatic rings. The minimum absolute atomic E-state index is 0.636. The summed E-state index contributed by atoms with van der Waals surface area (Å²) in [6, 6.07) is 63.5. The molecular formula is C47H30N2O2. The molecule has 51 heavy (non-hydrogen) atoms. The van der Waals surface area contributed by atoms with Crippen LogP contribution in [0.5, 0.6) is 0 Å². The first kappa shape index (κ1) is 29.0. The number of rotatable bonds is 6. The van der Waals surface area contributed by atoms with Crippen molar-refractivity contribution in [1.29, 1.82) is 0 Å². The van der Waals surface area contributed by atoms with Gasteiger partial charge in [-0.2, -0.15) is 0 Å². The number of furan rings is 1. The standard InChI is InChI=1S/C47H30N2O2/c1-3-9-31(10-4-1)32-15-21-37(22-16-32)49(39-25-28-45-42(30-39)41-13-7-8-14-44(41)50-45)38-23-17-33(18-24-38)35-19-26-40-36(29-35)20-27-43-46(40)51-47(48-43)34-11-5-2-6-12-34/h1-30H. The molecule has 0 N–H and O–H groups in total. The van der Waals surface area contributed by atoms with E-state index in [0.717, 1.165) is 77.6 Å². The highest BCUT2D eigenvalue weighted by atomic mass is 16.3. The molecule has 240 valence electrons. The molecule has 4 nitrogen and oxygen atoms in total. The van der Waals surface area contributed by atoms with Crippen molar-refractivity contribution in [3.63, 3.8) is 0 Å². The van der Waals surface area contributed by atoms with Crippen molar-refractivity contribution in [3.05, 3.63) is 182 Å². The van der Waals surface area contributed by atoms with E-state index >= 15 is 0 Å². The first-order chi connectivity index (χ1) is 25.2. The second-order valence-electron chi connectivity index (χ2n) is 12.8. The van der Waals surface area contributed by atoms with Gasteiger partial charge in [-0.25, -0.2) is 4.98 Å². The summed E-state index contributed by atoms with van der Waals surface area (Å²) in [6.45, 7) is 0. The highest BCUT2D eigenvalue weighted by Crippen LogP contribution is 2.40. The van der Waals surface area contributed by atoms with Crippen LogP contribution in [-0.4, -0.2) is 4.98 Å². The monoisotopic (exact) mass is 654 g/mol. The molecule has 0 aliphatic carbocycles. The van der Waals surface area contributed by atoms with Crippen molar-refractivity contribution >= 4 is 60.9 Å². The molecule has 2 aromatic heterocycles. The normalized spacial score (nSPS) is 11.5. The number of hydrogen-bond acceptors (Lipinski definition) is 4. The molecule has 0 saturated carbocycles. The quantitative estimate of drug-likeness (QED) is 0.179. The number of benzene rings is 8. The maximum absolute atomic E-state index is 6.29. The van der Waals surface area contributed by atoms with Crippen LogP contribution < -0.4 is 4.90 Å². The first-order valence-corrected chi connectivity index (χ1v) is 17.1. The number of para-hydroxylation sites is 1. The van der Waals surface area contributed by atoms with Crippen molar-refractivity contribution in [2.45, 2.75) is 0 Å². The SMILES string of the molecule is c1ccc(-c2ccc(N(c3ccc(-c4ccc5c(ccc6nc(-c7ccccc7)oc65)c4)cc3)c3ccc4oc5ccccc5c4c3)cc2)cc1. The first-order valence-electron chi connectivity index (χ1n) is 17.1. The molecule has 10 rings (SSSR count). The van der Waals surface area contributed by atoms with Crippen molar-refractivity contribution in [2.75, 3.05) is 4.90 Å². The van der Waals surface area contributed by atoms with E-state index in [1.807, 2.05) is 54.6 Å². The third kappa shape index (κ3) is 5.13. The predicted octanol–water partition coefficient (Wildman–Crippen LogP) is 13.4. The molecule has 10 aromatic rings. The van der Waals surface area contributed by atoms with Gasteiger partial charge in [0.1, 0.15) is 16.7 Å². The van der Waals surface area contributed by atoms with Gasteiger partial charge in [0, 0.05) is 38.8 Å². The van der Waals surface area contributed by atoms with Gasteiger partial charge in [0.15, 0.2) is 5.58 Å². The molecule has 0 spiro atoms. The van der Waals surface area contributed by atoms with Crippen LogP contribution in [0, 0.1) is 0 Å². The van der Waals surface area contributed by atoms with Gasteiger partial charge in [-0.1, -0.05) is 103 Å². The fraction of sp³-hybridized carbons (Fsp3) is 0. The molecule has 0 fully saturated rings. The third-order valence-electron chi connectivity index (χ3n) is 9.70. The van der Waals surface area contributed by atoms with E-state index in [2.05, 4.69) is 132 Å². The van der Waals surface area contributed by atoms with E-state index in [1.165, 1.54) is 11.1 Å². The highest BCUT2D eigenvalue weighted by Gasteiger charge is 2.17. The van der Waals surface area contributed by atoms with Crippen LogP contribution >= 0.6 is 0 Å². The Morgan fingerprint density at radius 1 is 0.373 bits per heavy atom. The largest absolute Gasteiger partial charge is 0.456 e. The molecule has 0 radical (unpaired) electrons. The lowest BCUT2D eigenvalue weighted by atomic mass is 10.00. The molecule has 4 heteroatoms. The molecule has 0 bridgehead atoms. The van der Waals surface area contributed by atoms with Crippen LogP contribution in [0.4, 0.5) is 17.1 Å². The van der Waals surface area contributed by atoms with Crippen LogP contribution in [0.15, 0.2) is 191 Å². The van der Waals surface area contributed by atoms with Crippen LogP contribution in [0.25, 0.3) is 77.5 Å². The summed E-state index contributed by atoms with van der Waals surface area (Å²) in [5.41, 5.74) is 12.3. The average Bonchev–Trinajstić information content (AvgIpc) is 3.81. The van der Waals surface area contributed by atoms with Gasteiger partial charge < -0.3 is 13.7 Å². The Hall–Kier alpha value is -6.91. The molecule has 0 atom stereocenters. The maximum Gasteiger partial charge on any atom is 0.227 e. The lowest BCUT2D eigenvalue weighted by Gasteiger charge is -2.26. The summed E-state index contributed by atoms with van der Waals surface area (Å²) in [5.74, 6) is 0.636. The Balaban J connectivity index is 1.03. The van der Waals surface area contributed by atoms with Crippen molar-refractivity contribution < 1.29 is 8.83 Å². The van der Waals surface area contributed by atoms with E-state index in [9.17, 15) is 0 Å². The minimum atomic E-state index is 0.636. The molecule has 8 aromatic carbocycles. The predicted molar refractivity (Wildman–Crippen MR) is 210 cm³/mol. The van der Waals surface area contributed by atoms with E-state index in [4.69, 9.17) is 13.8 Å². The summed E-state index contributed by atoms with van der Waals surface area (Å²) < 4.78 is 12.5. The second-order valence-corrected chi connectivity index (χ2v) is 12.8. The summed E-state index contributed by atoms with van der Waals surface area (Å²) in [5, 5.41) is 4.37. The zero-order valence-electron chi connectivity index (χ0n) is 27.5. The molecule has 0 unspecified atom stereocenters. The summed E-state index contributed by atoms with van der Waals surface area (Å²) in [7, 11) is 0. The topological polar surface area (TPSA) is 42.4 Å². The molecular weight excluding hydrogens is 625 g/mol. The van der Waals surface area contributed by atoms with E-state index in [-0.39, 0.29) is 0 Å². The Morgan fingerprint density at radius 3 is 1.71 bits per heavy atom. The maximum atomic E-state index is 6.29. The molecule has 0 saturated heterocycles.